The highest BCUT2D eigenvalue weighted by Crippen LogP contribution is 2.43. The van der Waals surface area contributed by atoms with Crippen molar-refractivity contribution in [2.45, 2.75) is 51.9 Å². The first-order chi connectivity index (χ1) is 18.4. The largest absolute Gasteiger partial charge is 0.505 e. The second-order valence-electron chi connectivity index (χ2n) is 10.1. The number of carboxylic acid groups (broad SMARTS) is 1. The molecule has 0 atom stereocenters. The molecule has 0 aromatic heterocycles. The molecule has 0 fully saturated rings. The van der Waals surface area contributed by atoms with Crippen molar-refractivity contribution >= 4 is 34.7 Å². The van der Waals surface area contributed by atoms with Crippen molar-refractivity contribution in [3.8, 4) is 16.9 Å². The predicted octanol–water partition coefficient (Wildman–Crippen LogP) is 5.32. The lowest BCUT2D eigenvalue weighted by Gasteiger charge is -2.22. The summed E-state index contributed by atoms with van der Waals surface area (Å²) in [4.78, 5) is 24.8. The van der Waals surface area contributed by atoms with Crippen LogP contribution in [0.15, 0.2) is 58.7 Å². The zero-order chi connectivity index (χ0) is 26.4. The first-order valence-corrected chi connectivity index (χ1v) is 13.0. The Labute approximate surface area is 220 Å². The van der Waals surface area contributed by atoms with E-state index in [-0.39, 0.29) is 22.9 Å². The number of aromatic hydroxyl groups is 1. The lowest BCUT2D eigenvalue weighted by atomic mass is 9.86. The summed E-state index contributed by atoms with van der Waals surface area (Å²) in [5, 5.41) is 31.1. The van der Waals surface area contributed by atoms with Gasteiger partial charge >= 0.3 is 11.9 Å². The predicted molar refractivity (Wildman–Crippen MR) is 147 cm³/mol. The van der Waals surface area contributed by atoms with Crippen LogP contribution in [0.4, 0.5) is 11.4 Å². The molecule has 8 nitrogen and oxygen atoms in total. The van der Waals surface area contributed by atoms with Crippen LogP contribution in [0, 0.1) is 0 Å². The van der Waals surface area contributed by atoms with Crippen molar-refractivity contribution in [1.82, 2.24) is 0 Å². The molecule has 0 unspecified atom stereocenters. The minimum atomic E-state index is -1.03. The molecule has 0 spiro atoms. The average molecular weight is 509 g/mol. The molecule has 0 saturated carbocycles. The number of hydrogen-bond donors (Lipinski definition) is 3. The van der Waals surface area contributed by atoms with Crippen LogP contribution in [-0.4, -0.2) is 33.5 Å². The number of hydrazone groups is 2. The summed E-state index contributed by atoms with van der Waals surface area (Å²) in [6.45, 7) is 1.74. The van der Waals surface area contributed by atoms with E-state index < -0.39 is 5.97 Å². The minimum absolute atomic E-state index is 0.0203. The van der Waals surface area contributed by atoms with Gasteiger partial charge in [0.05, 0.1) is 17.0 Å². The monoisotopic (exact) mass is 508 g/mol. The van der Waals surface area contributed by atoms with Crippen molar-refractivity contribution in [3.05, 3.63) is 76.3 Å². The summed E-state index contributed by atoms with van der Waals surface area (Å²) in [7, 11) is 0. The smallest absolute Gasteiger partial charge is 0.335 e. The summed E-state index contributed by atoms with van der Waals surface area (Å²) in [5.74, 6) is -1.38. The fraction of sp³-hybridized carbons (Fsp3) is 0.267. The number of fused-ring (bicyclic) bond motifs is 2. The summed E-state index contributed by atoms with van der Waals surface area (Å²) >= 11 is 0. The van der Waals surface area contributed by atoms with Gasteiger partial charge in [0.25, 0.3) is 0 Å². The second-order valence-corrected chi connectivity index (χ2v) is 10.1. The van der Waals surface area contributed by atoms with E-state index >= 15 is 0 Å². The number of phenolic OH excluding ortho intramolecular Hbond substituents is 1. The number of hydrogen-bond acceptors (Lipinski definition) is 6. The van der Waals surface area contributed by atoms with E-state index in [9.17, 15) is 19.8 Å². The molecule has 3 aliphatic rings. The Hall–Kier alpha value is -4.46. The molecule has 1 aliphatic heterocycles. The maximum Gasteiger partial charge on any atom is 0.335 e. The maximum atomic E-state index is 13.3. The van der Waals surface area contributed by atoms with Crippen LogP contribution in [0.1, 0.15) is 58.8 Å². The Morgan fingerprint density at radius 2 is 1.76 bits per heavy atom. The second kappa shape index (κ2) is 9.45. The van der Waals surface area contributed by atoms with Crippen LogP contribution < -0.4 is 10.4 Å². The van der Waals surface area contributed by atoms with Crippen molar-refractivity contribution < 1.29 is 19.8 Å². The van der Waals surface area contributed by atoms with Gasteiger partial charge < -0.3 is 10.2 Å². The summed E-state index contributed by atoms with van der Waals surface area (Å²) < 4.78 is 0. The number of benzene rings is 3. The quantitative estimate of drug-likeness (QED) is 0.319. The van der Waals surface area contributed by atoms with E-state index in [2.05, 4.69) is 21.7 Å². The standard InChI is InChI=1S/C30H28N4O4/c1-17-26(29(36)34(33-17)23-13-12-18-7-4-8-19(18)15-23)31-32-27-24-11-3-2-6-21(24)16-25(28(27)35)20-9-5-10-22(14-20)30(37)38/h5,9-10,12-16,32,35H,2-4,6-8,11H2,1H3,(H,37,38)/b31-26-. The number of anilines is 2. The summed E-state index contributed by atoms with van der Waals surface area (Å²) in [6, 6.07) is 14.5. The Balaban J connectivity index is 1.35. The molecule has 3 aromatic carbocycles. The van der Waals surface area contributed by atoms with Crippen molar-refractivity contribution in [2.75, 3.05) is 10.4 Å². The Bertz CT molecular complexity index is 1560. The van der Waals surface area contributed by atoms with Gasteiger partial charge in [0, 0.05) is 5.56 Å². The lowest BCUT2D eigenvalue weighted by Crippen LogP contribution is -2.28. The third-order valence-electron chi connectivity index (χ3n) is 7.64. The van der Waals surface area contributed by atoms with E-state index in [4.69, 9.17) is 0 Å². The van der Waals surface area contributed by atoms with Crippen molar-refractivity contribution in [1.29, 1.82) is 0 Å². The van der Waals surface area contributed by atoms with Gasteiger partial charge in [-0.3, -0.25) is 10.2 Å². The third-order valence-corrected chi connectivity index (χ3v) is 7.64. The molecule has 8 heteroatoms. The summed E-state index contributed by atoms with van der Waals surface area (Å²) in [6.07, 6.45) is 6.82. The molecule has 0 saturated heterocycles. The van der Waals surface area contributed by atoms with Crippen LogP contribution in [0.5, 0.6) is 5.75 Å². The maximum absolute atomic E-state index is 13.3. The molecule has 38 heavy (non-hydrogen) atoms. The molecule has 2 aliphatic carbocycles. The van der Waals surface area contributed by atoms with Crippen LogP contribution in [0.3, 0.4) is 0 Å². The molecule has 0 radical (unpaired) electrons. The fourth-order valence-electron chi connectivity index (χ4n) is 5.66. The topological polar surface area (TPSA) is 115 Å². The zero-order valence-electron chi connectivity index (χ0n) is 21.1. The average Bonchev–Trinajstić information content (AvgIpc) is 3.51. The number of aromatic carboxylic acids is 1. The molecule has 1 amide bonds. The number of carboxylic acids is 1. The highest BCUT2D eigenvalue weighted by molar-refractivity contribution is 6.71. The van der Waals surface area contributed by atoms with Gasteiger partial charge in [0.1, 0.15) is 11.4 Å². The Morgan fingerprint density at radius 3 is 2.61 bits per heavy atom. The molecule has 3 aromatic rings. The molecule has 3 N–H and O–H groups in total. The Morgan fingerprint density at radius 1 is 0.974 bits per heavy atom. The van der Waals surface area contributed by atoms with E-state index in [1.165, 1.54) is 22.2 Å². The highest BCUT2D eigenvalue weighted by Gasteiger charge is 2.32. The summed E-state index contributed by atoms with van der Waals surface area (Å²) in [5.41, 5.74) is 10.7. The van der Waals surface area contributed by atoms with Gasteiger partial charge in [0.2, 0.25) is 0 Å². The number of carbonyl (C=O) groups is 2. The first-order valence-electron chi connectivity index (χ1n) is 13.0. The molecular weight excluding hydrogens is 480 g/mol. The molecular formula is C30H28N4O4. The van der Waals surface area contributed by atoms with Gasteiger partial charge in [-0.1, -0.05) is 18.2 Å². The molecule has 0 bridgehead atoms. The fourth-order valence-corrected chi connectivity index (χ4v) is 5.66. The van der Waals surface area contributed by atoms with Crippen molar-refractivity contribution in [2.24, 2.45) is 10.2 Å². The van der Waals surface area contributed by atoms with Crippen LogP contribution in [0.25, 0.3) is 11.1 Å². The number of amides is 1. The zero-order valence-corrected chi connectivity index (χ0v) is 21.1. The van der Waals surface area contributed by atoms with E-state index in [0.29, 0.717) is 22.5 Å². The van der Waals surface area contributed by atoms with Gasteiger partial charge in [-0.15, -0.1) is 0 Å². The Kier molecular flexibility index (Phi) is 5.94. The normalized spacial score (nSPS) is 17.4. The van der Waals surface area contributed by atoms with E-state index in [1.807, 2.05) is 18.2 Å². The lowest BCUT2D eigenvalue weighted by molar-refractivity contribution is -0.112. The number of nitrogens with zero attached hydrogens (tertiary/aromatic N) is 3. The SMILES string of the molecule is CC1=NN(c2ccc3c(c2)CCC3)C(=O)/C1=N\Nc1c(O)c(-c2cccc(C(=O)O)c2)cc2c1CCCC2. The van der Waals surface area contributed by atoms with Gasteiger partial charge in [-0.2, -0.15) is 15.2 Å². The first kappa shape index (κ1) is 23.9. The third kappa shape index (κ3) is 4.12. The van der Waals surface area contributed by atoms with Gasteiger partial charge in [-0.05, 0) is 110 Å². The van der Waals surface area contributed by atoms with Crippen LogP contribution >= 0.6 is 0 Å². The van der Waals surface area contributed by atoms with Gasteiger partial charge in [-0.25, -0.2) is 4.79 Å². The molecule has 192 valence electrons. The number of aryl methyl sites for hydroxylation is 3. The van der Waals surface area contributed by atoms with Crippen LogP contribution in [-0.2, 0) is 30.5 Å². The number of nitrogens with one attached hydrogen (secondary N) is 1. The van der Waals surface area contributed by atoms with E-state index in [1.54, 1.807) is 25.1 Å². The number of phenols is 1. The molecule has 6 rings (SSSR count). The molecule has 1 heterocycles. The number of rotatable bonds is 5. The van der Waals surface area contributed by atoms with Gasteiger partial charge in [0.15, 0.2) is 5.71 Å². The number of carbonyl (C=O) groups excluding carboxylic acids is 1. The van der Waals surface area contributed by atoms with Crippen LogP contribution in [0.2, 0.25) is 0 Å². The minimum Gasteiger partial charge on any atom is -0.505 e. The highest BCUT2D eigenvalue weighted by atomic mass is 16.4. The van der Waals surface area contributed by atoms with Crippen molar-refractivity contribution in [3.63, 3.8) is 0 Å². The van der Waals surface area contributed by atoms with E-state index in [0.717, 1.165) is 61.8 Å².